The topological polar surface area (TPSA) is 93.0 Å². The van der Waals surface area contributed by atoms with Crippen LogP contribution in [0.4, 0.5) is 5.82 Å². The Kier molecular flexibility index (Phi) is 5.51. The summed E-state index contributed by atoms with van der Waals surface area (Å²) in [6, 6.07) is 15.7. The van der Waals surface area contributed by atoms with E-state index >= 15 is 0 Å². The molecule has 0 spiro atoms. The van der Waals surface area contributed by atoms with Gasteiger partial charge in [-0.3, -0.25) is 9.20 Å². The van der Waals surface area contributed by atoms with Crippen LogP contribution in [0.1, 0.15) is 10.4 Å². The number of morpholine rings is 1. The predicted octanol–water partition coefficient (Wildman–Crippen LogP) is 3.34. The number of nitrogens with one attached hydrogen (secondary N) is 1. The Morgan fingerprint density at radius 2 is 1.84 bits per heavy atom. The Balaban J connectivity index is 1.47. The second-order valence-electron chi connectivity index (χ2n) is 7.23. The zero-order chi connectivity index (χ0) is 22.1. The Labute approximate surface area is 189 Å². The van der Waals surface area contributed by atoms with E-state index in [9.17, 15) is 13.2 Å². The van der Waals surface area contributed by atoms with Crippen molar-refractivity contribution in [2.24, 2.45) is 0 Å². The number of fused-ring (bicyclic) bond motifs is 1. The number of rotatable bonds is 5. The van der Waals surface area contributed by atoms with Crippen molar-refractivity contribution >= 4 is 38.0 Å². The Hall–Kier alpha value is -3.05. The lowest BCUT2D eigenvalue weighted by Crippen LogP contribution is -2.40. The van der Waals surface area contributed by atoms with E-state index in [0.29, 0.717) is 37.8 Å². The quantitative estimate of drug-likeness (QED) is 0.485. The van der Waals surface area contributed by atoms with Crippen molar-refractivity contribution in [3.05, 3.63) is 71.7 Å². The maximum atomic E-state index is 13.1. The van der Waals surface area contributed by atoms with Crippen LogP contribution in [0.5, 0.6) is 0 Å². The molecule has 0 atom stereocenters. The van der Waals surface area contributed by atoms with Crippen LogP contribution >= 0.6 is 11.3 Å². The van der Waals surface area contributed by atoms with Crippen LogP contribution in [-0.4, -0.2) is 54.3 Å². The normalized spacial score (nSPS) is 15.1. The van der Waals surface area contributed by atoms with Crippen LogP contribution in [0.25, 0.3) is 16.2 Å². The van der Waals surface area contributed by atoms with Crippen molar-refractivity contribution in [2.75, 3.05) is 31.6 Å². The molecule has 0 saturated carbocycles. The van der Waals surface area contributed by atoms with Gasteiger partial charge in [-0.2, -0.15) is 4.31 Å². The van der Waals surface area contributed by atoms with Crippen molar-refractivity contribution in [1.82, 2.24) is 13.7 Å². The largest absolute Gasteiger partial charge is 0.379 e. The lowest BCUT2D eigenvalue weighted by atomic mass is 10.1. The molecule has 1 aliphatic heterocycles. The van der Waals surface area contributed by atoms with Crippen molar-refractivity contribution < 1.29 is 17.9 Å². The first-order chi connectivity index (χ1) is 15.5. The number of nitrogens with zero attached hydrogens (tertiary/aromatic N) is 3. The number of imidazole rings is 1. The van der Waals surface area contributed by atoms with Gasteiger partial charge < -0.3 is 10.1 Å². The van der Waals surface area contributed by atoms with Gasteiger partial charge in [0.05, 0.1) is 18.1 Å². The summed E-state index contributed by atoms with van der Waals surface area (Å²) in [4.78, 5) is 18.6. The van der Waals surface area contributed by atoms with E-state index in [4.69, 9.17) is 4.74 Å². The van der Waals surface area contributed by atoms with Crippen molar-refractivity contribution in [1.29, 1.82) is 0 Å². The number of hydrogen-bond acceptors (Lipinski definition) is 6. The maximum Gasteiger partial charge on any atom is 0.256 e. The second-order valence-corrected chi connectivity index (χ2v) is 10.0. The van der Waals surface area contributed by atoms with Gasteiger partial charge in [-0.05, 0) is 18.2 Å². The summed E-state index contributed by atoms with van der Waals surface area (Å²) in [6.45, 7) is 1.31. The first-order valence-electron chi connectivity index (χ1n) is 10.0. The van der Waals surface area contributed by atoms with E-state index in [2.05, 4.69) is 10.3 Å². The molecular weight excluding hydrogens is 448 g/mol. The average Bonchev–Trinajstić information content (AvgIpc) is 3.43. The Morgan fingerprint density at radius 3 is 2.62 bits per heavy atom. The molecule has 10 heteroatoms. The molecule has 2 aromatic carbocycles. The minimum atomic E-state index is -3.70. The molecule has 1 fully saturated rings. The Morgan fingerprint density at radius 1 is 1.06 bits per heavy atom. The summed E-state index contributed by atoms with van der Waals surface area (Å²) < 4.78 is 34.4. The molecule has 8 nitrogen and oxygen atoms in total. The molecule has 1 amide bonds. The molecule has 164 valence electrons. The highest BCUT2D eigenvalue weighted by Gasteiger charge is 2.27. The van der Waals surface area contributed by atoms with E-state index in [1.165, 1.54) is 27.8 Å². The molecular formula is C22H20N4O4S2. The smallest absolute Gasteiger partial charge is 0.256 e. The zero-order valence-corrected chi connectivity index (χ0v) is 18.6. The van der Waals surface area contributed by atoms with Crippen molar-refractivity contribution in [3.8, 4) is 11.3 Å². The maximum absolute atomic E-state index is 13.1. The molecule has 4 aromatic rings. The van der Waals surface area contributed by atoms with Gasteiger partial charge in [-0.15, -0.1) is 11.3 Å². The molecule has 5 rings (SSSR count). The van der Waals surface area contributed by atoms with Crippen LogP contribution in [0.15, 0.2) is 71.1 Å². The third-order valence-corrected chi connectivity index (χ3v) is 7.90. The number of carbonyl (C=O) groups is 1. The fourth-order valence-corrected chi connectivity index (χ4v) is 5.78. The van der Waals surface area contributed by atoms with Gasteiger partial charge in [0.1, 0.15) is 11.5 Å². The molecule has 0 bridgehead atoms. The van der Waals surface area contributed by atoms with Gasteiger partial charge in [0.25, 0.3) is 5.91 Å². The summed E-state index contributed by atoms with van der Waals surface area (Å²) in [7, 11) is -3.70. The fourth-order valence-electron chi connectivity index (χ4n) is 3.62. The molecule has 0 aliphatic carbocycles. The standard InChI is InChI=1S/C22H20N4O4S2/c27-21(17-7-4-8-18(15-17)32(28,29)25-9-12-30-13-10-25)24-20-19(16-5-2-1-3-6-16)23-22-26(20)11-14-31-22/h1-8,11,14-15H,9-10,12-13H2,(H,24,27). The van der Waals surface area contributed by atoms with Gasteiger partial charge in [0.2, 0.25) is 10.0 Å². The van der Waals surface area contributed by atoms with Crippen molar-refractivity contribution in [2.45, 2.75) is 4.90 Å². The summed E-state index contributed by atoms with van der Waals surface area (Å²) in [6.07, 6.45) is 1.84. The van der Waals surface area contributed by atoms with Gasteiger partial charge in [-0.1, -0.05) is 36.4 Å². The highest BCUT2D eigenvalue weighted by atomic mass is 32.2. The number of thiazole rings is 1. The van der Waals surface area contributed by atoms with Crippen LogP contribution in [0, 0.1) is 0 Å². The number of benzene rings is 2. The van der Waals surface area contributed by atoms with Crippen LogP contribution in [0.2, 0.25) is 0 Å². The Bertz CT molecular complexity index is 1370. The van der Waals surface area contributed by atoms with E-state index in [0.717, 1.165) is 10.5 Å². The average molecular weight is 469 g/mol. The monoisotopic (exact) mass is 468 g/mol. The number of carbonyl (C=O) groups excluding carboxylic acids is 1. The molecule has 1 saturated heterocycles. The lowest BCUT2D eigenvalue weighted by molar-refractivity contribution is 0.0730. The molecule has 1 N–H and O–H groups in total. The minimum absolute atomic E-state index is 0.0873. The summed E-state index contributed by atoms with van der Waals surface area (Å²) in [5.41, 5.74) is 1.79. The number of amides is 1. The summed E-state index contributed by atoms with van der Waals surface area (Å²) in [5.74, 6) is 0.132. The highest BCUT2D eigenvalue weighted by molar-refractivity contribution is 7.89. The van der Waals surface area contributed by atoms with E-state index in [1.54, 1.807) is 12.1 Å². The third kappa shape index (κ3) is 3.82. The van der Waals surface area contributed by atoms with E-state index in [1.807, 2.05) is 46.3 Å². The molecule has 2 aromatic heterocycles. The van der Waals surface area contributed by atoms with Gasteiger partial charge in [0.15, 0.2) is 4.96 Å². The number of sulfonamides is 1. The van der Waals surface area contributed by atoms with E-state index < -0.39 is 15.9 Å². The number of hydrogen-bond donors (Lipinski definition) is 1. The van der Waals surface area contributed by atoms with E-state index in [-0.39, 0.29) is 10.5 Å². The molecule has 0 radical (unpaired) electrons. The lowest BCUT2D eigenvalue weighted by Gasteiger charge is -2.26. The van der Waals surface area contributed by atoms with Crippen LogP contribution in [0.3, 0.4) is 0 Å². The molecule has 1 aliphatic rings. The van der Waals surface area contributed by atoms with Crippen molar-refractivity contribution in [3.63, 3.8) is 0 Å². The molecule has 3 heterocycles. The summed E-state index contributed by atoms with van der Waals surface area (Å²) in [5, 5.41) is 4.82. The first-order valence-corrected chi connectivity index (χ1v) is 12.4. The summed E-state index contributed by atoms with van der Waals surface area (Å²) >= 11 is 1.47. The SMILES string of the molecule is O=C(Nc1c(-c2ccccc2)nc2sccn12)c1cccc(S(=O)(=O)N2CCOCC2)c1. The number of anilines is 1. The number of aromatic nitrogens is 2. The van der Waals surface area contributed by atoms with Gasteiger partial charge in [0, 0.05) is 35.8 Å². The highest BCUT2D eigenvalue weighted by Crippen LogP contribution is 2.31. The molecule has 32 heavy (non-hydrogen) atoms. The number of ether oxygens (including phenoxy) is 1. The van der Waals surface area contributed by atoms with Crippen LogP contribution in [-0.2, 0) is 14.8 Å². The fraction of sp³-hybridized carbons (Fsp3) is 0.182. The second kappa shape index (κ2) is 8.47. The minimum Gasteiger partial charge on any atom is -0.379 e. The predicted molar refractivity (Wildman–Crippen MR) is 122 cm³/mol. The van der Waals surface area contributed by atoms with Gasteiger partial charge in [-0.25, -0.2) is 13.4 Å². The van der Waals surface area contributed by atoms with Crippen LogP contribution < -0.4 is 5.32 Å². The molecule has 0 unspecified atom stereocenters. The first kappa shape index (κ1) is 20.8. The third-order valence-electron chi connectivity index (χ3n) is 5.25. The van der Waals surface area contributed by atoms with Gasteiger partial charge >= 0.3 is 0 Å². The zero-order valence-electron chi connectivity index (χ0n) is 17.0.